The molecule has 0 saturated heterocycles. The lowest BCUT2D eigenvalue weighted by molar-refractivity contribution is -0.142. The number of carbonyl (C=O) groups is 1. The van der Waals surface area contributed by atoms with Crippen molar-refractivity contribution in [3.63, 3.8) is 0 Å². The van der Waals surface area contributed by atoms with Crippen LogP contribution >= 0.6 is 0 Å². The number of methoxy groups -OCH3 is 2. The number of esters is 1. The molecule has 0 bridgehead atoms. The summed E-state index contributed by atoms with van der Waals surface area (Å²) in [5, 5.41) is 7.69. The van der Waals surface area contributed by atoms with Gasteiger partial charge in [0.15, 0.2) is 0 Å². The Balaban J connectivity index is 2.84. The smallest absolute Gasteiger partial charge is 0.307 e. The maximum atomic E-state index is 11.1. The summed E-state index contributed by atoms with van der Waals surface area (Å²) < 4.78 is 9.44. The quantitative estimate of drug-likeness (QED) is 0.738. The second-order valence-electron chi connectivity index (χ2n) is 3.63. The van der Waals surface area contributed by atoms with Crippen LogP contribution in [0.25, 0.3) is 0 Å². The van der Waals surface area contributed by atoms with E-state index in [9.17, 15) is 4.79 Å². The van der Waals surface area contributed by atoms with Crippen molar-refractivity contribution in [1.29, 1.82) is 0 Å². The second-order valence-corrected chi connectivity index (χ2v) is 3.63. The molecule has 6 heteroatoms. The van der Waals surface area contributed by atoms with Crippen molar-refractivity contribution in [3.05, 3.63) is 17.8 Å². The number of hydrogen-bond donors (Lipinski definition) is 1. The number of nitrogens with two attached hydrogens (primary N) is 1. The Hall–Kier alpha value is -1.69. The van der Waals surface area contributed by atoms with Crippen molar-refractivity contribution in [2.75, 3.05) is 14.2 Å². The van der Waals surface area contributed by atoms with Crippen LogP contribution in [0.15, 0.2) is 12.1 Å². The van der Waals surface area contributed by atoms with Crippen LogP contribution in [0.3, 0.4) is 0 Å². The Labute approximate surface area is 93.8 Å². The zero-order chi connectivity index (χ0) is 12.2. The number of nitrogens with zero attached hydrogens (tertiary/aromatic N) is 2. The van der Waals surface area contributed by atoms with Gasteiger partial charge in [0.25, 0.3) is 0 Å². The van der Waals surface area contributed by atoms with E-state index < -0.39 is 5.54 Å². The number of hydrogen-bond acceptors (Lipinski definition) is 6. The van der Waals surface area contributed by atoms with Crippen LogP contribution in [0.4, 0.5) is 0 Å². The molecule has 0 unspecified atom stereocenters. The van der Waals surface area contributed by atoms with Crippen LogP contribution in [0.1, 0.15) is 19.0 Å². The molecule has 1 aromatic heterocycles. The standard InChI is InChI=1S/C10H15N3O3/c1-10(11,6-9(14)16-3)7-4-5-8(15-2)13-12-7/h4-5H,6,11H2,1-3H3/t10-/m0/s1. The highest BCUT2D eigenvalue weighted by atomic mass is 16.5. The SMILES string of the molecule is COC(=O)C[C@](C)(N)c1ccc(OC)nn1. The summed E-state index contributed by atoms with van der Waals surface area (Å²) in [5.41, 5.74) is 5.58. The van der Waals surface area contributed by atoms with Crippen LogP contribution in [0, 0.1) is 0 Å². The third-order valence-electron chi connectivity index (χ3n) is 2.17. The summed E-state index contributed by atoms with van der Waals surface area (Å²) in [6, 6.07) is 3.32. The number of rotatable bonds is 4. The first-order valence-electron chi connectivity index (χ1n) is 4.73. The molecule has 0 fully saturated rings. The first kappa shape index (κ1) is 12.4. The predicted octanol–water partition coefficient (Wildman–Crippen LogP) is 0.222. The molecule has 1 aromatic rings. The van der Waals surface area contributed by atoms with Crippen molar-refractivity contribution in [2.45, 2.75) is 18.9 Å². The van der Waals surface area contributed by atoms with Crippen molar-refractivity contribution in [3.8, 4) is 5.88 Å². The Morgan fingerprint density at radius 3 is 2.56 bits per heavy atom. The first-order chi connectivity index (χ1) is 7.49. The molecule has 1 heterocycles. The molecule has 0 aromatic carbocycles. The Morgan fingerprint density at radius 1 is 1.44 bits per heavy atom. The van der Waals surface area contributed by atoms with E-state index in [4.69, 9.17) is 10.5 Å². The van der Waals surface area contributed by atoms with Gasteiger partial charge < -0.3 is 15.2 Å². The van der Waals surface area contributed by atoms with Gasteiger partial charge in [-0.25, -0.2) is 0 Å². The molecule has 88 valence electrons. The summed E-state index contributed by atoms with van der Waals surface area (Å²) in [4.78, 5) is 11.1. The maximum Gasteiger partial charge on any atom is 0.307 e. The van der Waals surface area contributed by atoms with Gasteiger partial charge in [-0.05, 0) is 13.0 Å². The van der Waals surface area contributed by atoms with E-state index in [1.54, 1.807) is 19.1 Å². The van der Waals surface area contributed by atoms with Crippen molar-refractivity contribution >= 4 is 5.97 Å². The highest BCUT2D eigenvalue weighted by molar-refractivity contribution is 5.70. The van der Waals surface area contributed by atoms with Crippen molar-refractivity contribution in [1.82, 2.24) is 10.2 Å². The molecular formula is C10H15N3O3. The summed E-state index contributed by atoms with van der Waals surface area (Å²) in [6.45, 7) is 1.69. The van der Waals surface area contributed by atoms with Crippen molar-refractivity contribution in [2.24, 2.45) is 5.73 Å². The van der Waals surface area contributed by atoms with E-state index in [0.29, 0.717) is 11.6 Å². The van der Waals surface area contributed by atoms with E-state index in [1.165, 1.54) is 14.2 Å². The van der Waals surface area contributed by atoms with Crippen LogP contribution < -0.4 is 10.5 Å². The molecule has 1 rings (SSSR count). The predicted molar refractivity (Wildman–Crippen MR) is 56.8 cm³/mol. The maximum absolute atomic E-state index is 11.1. The summed E-state index contributed by atoms with van der Waals surface area (Å²) in [7, 11) is 2.82. The lowest BCUT2D eigenvalue weighted by Gasteiger charge is -2.21. The normalized spacial score (nSPS) is 14.0. The van der Waals surface area contributed by atoms with Gasteiger partial charge >= 0.3 is 5.97 Å². The molecular weight excluding hydrogens is 210 g/mol. The molecule has 0 aliphatic heterocycles. The minimum atomic E-state index is -0.896. The lowest BCUT2D eigenvalue weighted by Crippen LogP contribution is -2.37. The van der Waals surface area contributed by atoms with Gasteiger partial charge in [0, 0.05) is 6.07 Å². The average Bonchev–Trinajstić information content (AvgIpc) is 2.28. The summed E-state index contributed by atoms with van der Waals surface area (Å²) in [5.74, 6) is 0.0141. The lowest BCUT2D eigenvalue weighted by atomic mass is 9.95. The number of aromatic nitrogens is 2. The molecule has 1 atom stereocenters. The minimum absolute atomic E-state index is 0.0461. The monoisotopic (exact) mass is 225 g/mol. The van der Waals surface area contributed by atoms with E-state index in [1.807, 2.05) is 0 Å². The Bertz CT molecular complexity index is 362. The van der Waals surface area contributed by atoms with E-state index in [2.05, 4.69) is 14.9 Å². The van der Waals surface area contributed by atoms with E-state index in [0.717, 1.165) is 0 Å². The fourth-order valence-electron chi connectivity index (χ4n) is 1.20. The van der Waals surface area contributed by atoms with Crippen LogP contribution in [-0.4, -0.2) is 30.4 Å². The van der Waals surface area contributed by atoms with E-state index >= 15 is 0 Å². The fraction of sp³-hybridized carbons (Fsp3) is 0.500. The van der Waals surface area contributed by atoms with Crippen LogP contribution in [0.2, 0.25) is 0 Å². The topological polar surface area (TPSA) is 87.3 Å². The molecule has 0 radical (unpaired) electrons. The fourth-order valence-corrected chi connectivity index (χ4v) is 1.20. The minimum Gasteiger partial charge on any atom is -0.480 e. The zero-order valence-corrected chi connectivity index (χ0v) is 9.56. The van der Waals surface area contributed by atoms with E-state index in [-0.39, 0.29) is 12.4 Å². The average molecular weight is 225 g/mol. The number of carbonyl (C=O) groups excluding carboxylic acids is 1. The van der Waals surface area contributed by atoms with Crippen LogP contribution in [0.5, 0.6) is 5.88 Å². The zero-order valence-electron chi connectivity index (χ0n) is 9.56. The summed E-state index contributed by atoms with van der Waals surface area (Å²) in [6.07, 6.45) is 0.0461. The Kier molecular flexibility index (Phi) is 3.78. The van der Waals surface area contributed by atoms with Crippen molar-refractivity contribution < 1.29 is 14.3 Å². The molecule has 0 saturated carbocycles. The highest BCUT2D eigenvalue weighted by Crippen LogP contribution is 2.20. The third kappa shape index (κ3) is 2.90. The third-order valence-corrected chi connectivity index (χ3v) is 2.17. The highest BCUT2D eigenvalue weighted by Gasteiger charge is 2.27. The van der Waals surface area contributed by atoms with Crippen LogP contribution in [-0.2, 0) is 15.1 Å². The molecule has 0 aliphatic carbocycles. The van der Waals surface area contributed by atoms with Gasteiger partial charge in [0.1, 0.15) is 0 Å². The molecule has 0 aliphatic rings. The largest absolute Gasteiger partial charge is 0.480 e. The van der Waals surface area contributed by atoms with Gasteiger partial charge in [-0.2, -0.15) is 0 Å². The van der Waals surface area contributed by atoms with Gasteiger partial charge in [-0.3, -0.25) is 4.79 Å². The molecule has 16 heavy (non-hydrogen) atoms. The molecule has 0 spiro atoms. The molecule has 0 amide bonds. The molecule has 2 N–H and O–H groups in total. The number of ether oxygens (including phenoxy) is 2. The Morgan fingerprint density at radius 2 is 2.12 bits per heavy atom. The van der Waals surface area contributed by atoms with Gasteiger partial charge in [0.05, 0.1) is 31.9 Å². The van der Waals surface area contributed by atoms with Gasteiger partial charge in [-0.15, -0.1) is 10.2 Å². The van der Waals surface area contributed by atoms with Gasteiger partial charge in [0.2, 0.25) is 5.88 Å². The first-order valence-corrected chi connectivity index (χ1v) is 4.73. The van der Waals surface area contributed by atoms with Gasteiger partial charge in [-0.1, -0.05) is 0 Å². The molecule has 6 nitrogen and oxygen atoms in total. The second kappa shape index (κ2) is 4.89. The summed E-state index contributed by atoms with van der Waals surface area (Å²) >= 11 is 0.